The molecule has 0 atom stereocenters. The smallest absolute Gasteiger partial charge is 0.274 e. The van der Waals surface area contributed by atoms with Crippen LogP contribution < -0.4 is 10.6 Å². The Balaban J connectivity index is 1.82. The monoisotopic (exact) mass is 374 g/mol. The normalized spacial score (nSPS) is 10.5. The largest absolute Gasteiger partial charge is 0.338 e. The lowest BCUT2D eigenvalue weighted by atomic mass is 10.2. The maximum Gasteiger partial charge on any atom is 0.274 e. The van der Waals surface area contributed by atoms with Gasteiger partial charge in [-0.15, -0.1) is 0 Å². The average molecular weight is 375 g/mol. The fourth-order valence-electron chi connectivity index (χ4n) is 2.21. The molecular formula is C18H13ClF2N4O. The van der Waals surface area contributed by atoms with Crippen LogP contribution >= 0.6 is 11.6 Å². The van der Waals surface area contributed by atoms with Gasteiger partial charge in [-0.25, -0.2) is 18.7 Å². The molecule has 0 spiro atoms. The number of halogens is 3. The van der Waals surface area contributed by atoms with Gasteiger partial charge in [0.15, 0.2) is 0 Å². The molecule has 2 N–H and O–H groups in total. The second-order valence-electron chi connectivity index (χ2n) is 5.40. The number of hydrogen-bond donors (Lipinski definition) is 2. The van der Waals surface area contributed by atoms with Crippen LogP contribution in [0.4, 0.5) is 26.0 Å². The number of carbonyl (C=O) groups excluding carboxylic acids is 1. The SMILES string of the molecule is Cc1nc(Nc2ccc(F)cc2F)cc(C(=O)Nc2ccc(Cl)cc2)n1. The summed E-state index contributed by atoms with van der Waals surface area (Å²) in [6.07, 6.45) is 0. The molecule has 0 aliphatic rings. The molecular weight excluding hydrogens is 362 g/mol. The summed E-state index contributed by atoms with van der Waals surface area (Å²) in [6.45, 7) is 1.60. The number of aryl methyl sites for hydroxylation is 1. The van der Waals surface area contributed by atoms with Gasteiger partial charge < -0.3 is 10.6 Å². The van der Waals surface area contributed by atoms with E-state index in [1.165, 1.54) is 12.1 Å². The molecule has 0 fully saturated rings. The van der Waals surface area contributed by atoms with Crippen LogP contribution in [0.15, 0.2) is 48.5 Å². The molecule has 1 aromatic heterocycles. The van der Waals surface area contributed by atoms with Crippen molar-refractivity contribution in [1.82, 2.24) is 9.97 Å². The van der Waals surface area contributed by atoms with Crippen LogP contribution in [0.25, 0.3) is 0 Å². The number of anilines is 3. The summed E-state index contributed by atoms with van der Waals surface area (Å²) in [5.41, 5.74) is 0.681. The van der Waals surface area contributed by atoms with E-state index in [0.29, 0.717) is 16.5 Å². The van der Waals surface area contributed by atoms with Crippen LogP contribution in [0.2, 0.25) is 5.02 Å². The Labute approximate surface area is 153 Å². The zero-order valence-corrected chi connectivity index (χ0v) is 14.3. The molecule has 132 valence electrons. The van der Waals surface area contributed by atoms with Gasteiger partial charge in [-0.1, -0.05) is 11.6 Å². The van der Waals surface area contributed by atoms with Gasteiger partial charge in [0.05, 0.1) is 5.69 Å². The van der Waals surface area contributed by atoms with Crippen LogP contribution in [-0.2, 0) is 0 Å². The Kier molecular flexibility index (Phi) is 5.09. The second-order valence-corrected chi connectivity index (χ2v) is 5.83. The topological polar surface area (TPSA) is 66.9 Å². The first-order chi connectivity index (χ1) is 12.4. The molecule has 5 nitrogen and oxygen atoms in total. The van der Waals surface area contributed by atoms with E-state index in [9.17, 15) is 13.6 Å². The fraction of sp³-hybridized carbons (Fsp3) is 0.0556. The Hall–Kier alpha value is -3.06. The van der Waals surface area contributed by atoms with Crippen molar-refractivity contribution >= 4 is 34.7 Å². The van der Waals surface area contributed by atoms with Crippen molar-refractivity contribution in [3.05, 3.63) is 76.7 Å². The lowest BCUT2D eigenvalue weighted by Gasteiger charge is -2.10. The van der Waals surface area contributed by atoms with Gasteiger partial charge in [0, 0.05) is 22.8 Å². The van der Waals surface area contributed by atoms with Crippen molar-refractivity contribution in [3.63, 3.8) is 0 Å². The van der Waals surface area contributed by atoms with E-state index in [1.807, 2.05) is 0 Å². The second kappa shape index (κ2) is 7.45. The predicted octanol–water partition coefficient (Wildman–Crippen LogP) is 4.71. The van der Waals surface area contributed by atoms with Crippen molar-refractivity contribution in [3.8, 4) is 0 Å². The molecule has 0 saturated heterocycles. The van der Waals surface area contributed by atoms with Crippen LogP contribution in [0.5, 0.6) is 0 Å². The van der Waals surface area contributed by atoms with Crippen LogP contribution in [-0.4, -0.2) is 15.9 Å². The molecule has 0 unspecified atom stereocenters. The molecule has 8 heteroatoms. The van der Waals surface area contributed by atoms with Gasteiger partial charge in [0.2, 0.25) is 0 Å². The summed E-state index contributed by atoms with van der Waals surface area (Å²) in [5.74, 6) is -1.38. The van der Waals surface area contributed by atoms with E-state index in [4.69, 9.17) is 11.6 Å². The Morgan fingerprint density at radius 1 is 1.04 bits per heavy atom. The molecule has 2 aromatic carbocycles. The number of carbonyl (C=O) groups is 1. The summed E-state index contributed by atoms with van der Waals surface area (Å²) >= 11 is 5.81. The molecule has 0 bridgehead atoms. The highest BCUT2D eigenvalue weighted by Crippen LogP contribution is 2.20. The molecule has 0 aliphatic heterocycles. The number of benzene rings is 2. The molecule has 26 heavy (non-hydrogen) atoms. The van der Waals surface area contributed by atoms with E-state index in [0.717, 1.165) is 12.1 Å². The van der Waals surface area contributed by atoms with Gasteiger partial charge in [-0.3, -0.25) is 4.79 Å². The molecule has 3 aromatic rings. The van der Waals surface area contributed by atoms with Gasteiger partial charge in [0.25, 0.3) is 5.91 Å². The first-order valence-corrected chi connectivity index (χ1v) is 7.93. The summed E-state index contributed by atoms with van der Waals surface area (Å²) in [5, 5.41) is 5.95. The third kappa shape index (κ3) is 4.31. The molecule has 1 heterocycles. The van der Waals surface area contributed by atoms with Crippen molar-refractivity contribution in [1.29, 1.82) is 0 Å². The van der Waals surface area contributed by atoms with Gasteiger partial charge >= 0.3 is 0 Å². The third-order valence-corrected chi connectivity index (χ3v) is 3.62. The molecule has 3 rings (SSSR count). The highest BCUT2D eigenvalue weighted by Gasteiger charge is 2.12. The molecule has 0 radical (unpaired) electrons. The van der Waals surface area contributed by atoms with Gasteiger partial charge in [-0.2, -0.15) is 0 Å². The maximum atomic E-state index is 13.8. The van der Waals surface area contributed by atoms with Crippen LogP contribution in [0.3, 0.4) is 0 Å². The first kappa shape index (κ1) is 17.8. The number of aromatic nitrogens is 2. The van der Waals surface area contributed by atoms with Crippen molar-refractivity contribution in [2.45, 2.75) is 6.92 Å². The number of amides is 1. The Morgan fingerprint density at radius 2 is 1.77 bits per heavy atom. The summed E-state index contributed by atoms with van der Waals surface area (Å²) in [4.78, 5) is 20.6. The van der Waals surface area contributed by atoms with Crippen molar-refractivity contribution in [2.75, 3.05) is 10.6 Å². The number of nitrogens with zero attached hydrogens (tertiary/aromatic N) is 2. The lowest BCUT2D eigenvalue weighted by Crippen LogP contribution is -2.15. The molecule has 0 saturated carbocycles. The zero-order valence-electron chi connectivity index (χ0n) is 13.6. The maximum absolute atomic E-state index is 13.8. The Bertz CT molecular complexity index is 964. The summed E-state index contributed by atoms with van der Waals surface area (Å²) in [7, 11) is 0. The van der Waals surface area contributed by atoms with Crippen molar-refractivity contribution < 1.29 is 13.6 Å². The number of nitrogens with one attached hydrogen (secondary N) is 2. The Morgan fingerprint density at radius 3 is 2.46 bits per heavy atom. The highest BCUT2D eigenvalue weighted by molar-refractivity contribution is 6.30. The highest BCUT2D eigenvalue weighted by atomic mass is 35.5. The minimum atomic E-state index is -0.770. The molecule has 1 amide bonds. The summed E-state index contributed by atoms with van der Waals surface area (Å²) in [6, 6.07) is 11.1. The minimum Gasteiger partial charge on any atom is -0.338 e. The minimum absolute atomic E-state index is 0.0357. The number of hydrogen-bond acceptors (Lipinski definition) is 4. The standard InChI is InChI=1S/C18H13ClF2N4O/c1-10-22-16(18(26)24-13-5-2-11(19)3-6-13)9-17(23-10)25-15-7-4-12(20)8-14(15)21/h2-9H,1H3,(H,24,26)(H,22,23,25). The van der Waals surface area contributed by atoms with Gasteiger partial charge in [-0.05, 0) is 43.3 Å². The average Bonchev–Trinajstić information content (AvgIpc) is 2.59. The molecule has 0 aliphatic carbocycles. The van der Waals surface area contributed by atoms with E-state index in [-0.39, 0.29) is 17.2 Å². The quantitative estimate of drug-likeness (QED) is 0.694. The third-order valence-electron chi connectivity index (χ3n) is 3.37. The van der Waals surface area contributed by atoms with E-state index >= 15 is 0 Å². The van der Waals surface area contributed by atoms with E-state index in [2.05, 4.69) is 20.6 Å². The fourth-order valence-corrected chi connectivity index (χ4v) is 2.33. The van der Waals surface area contributed by atoms with E-state index in [1.54, 1.807) is 31.2 Å². The lowest BCUT2D eigenvalue weighted by molar-refractivity contribution is 0.102. The number of rotatable bonds is 4. The van der Waals surface area contributed by atoms with Crippen molar-refractivity contribution in [2.24, 2.45) is 0 Å². The van der Waals surface area contributed by atoms with Crippen LogP contribution in [0.1, 0.15) is 16.3 Å². The van der Waals surface area contributed by atoms with Gasteiger partial charge in [0.1, 0.15) is 29.0 Å². The van der Waals surface area contributed by atoms with Crippen LogP contribution in [0, 0.1) is 18.6 Å². The predicted molar refractivity (Wildman–Crippen MR) is 95.8 cm³/mol. The first-order valence-electron chi connectivity index (χ1n) is 7.55. The summed E-state index contributed by atoms with van der Waals surface area (Å²) < 4.78 is 26.8. The zero-order chi connectivity index (χ0) is 18.7. The van der Waals surface area contributed by atoms with E-state index < -0.39 is 17.5 Å².